The number of rotatable bonds is 11. The molecule has 0 saturated carbocycles. The third-order valence-electron chi connectivity index (χ3n) is 3.59. The lowest BCUT2D eigenvalue weighted by atomic mass is 10.2. The van der Waals surface area contributed by atoms with Crippen molar-refractivity contribution >= 4 is 18.0 Å². The molecule has 0 heterocycles. The Bertz CT molecular complexity index is 551. The van der Waals surface area contributed by atoms with Crippen molar-refractivity contribution in [2.45, 2.75) is 40.0 Å². The number of ether oxygens (including phenoxy) is 2. The maximum Gasteiger partial charge on any atom is 0.307 e. The molecule has 0 radical (unpaired) electrons. The molecule has 1 aromatic carbocycles. The van der Waals surface area contributed by atoms with Crippen molar-refractivity contribution in [3.05, 3.63) is 35.9 Å². The van der Waals surface area contributed by atoms with Crippen LogP contribution < -0.4 is 4.74 Å². The molecule has 0 aliphatic rings. The summed E-state index contributed by atoms with van der Waals surface area (Å²) in [5.41, 5.74) is 0.928. The third-order valence-corrected chi connectivity index (χ3v) is 3.59. The zero-order valence-electron chi connectivity index (χ0n) is 15.5. The summed E-state index contributed by atoms with van der Waals surface area (Å²) in [5, 5.41) is 0. The first-order valence-corrected chi connectivity index (χ1v) is 8.96. The molecule has 0 saturated heterocycles. The van der Waals surface area contributed by atoms with E-state index in [1.165, 1.54) is 0 Å². The van der Waals surface area contributed by atoms with E-state index >= 15 is 0 Å². The minimum Gasteiger partial charge on any atom is -0.494 e. The van der Waals surface area contributed by atoms with Crippen LogP contribution in [-0.4, -0.2) is 43.1 Å². The number of hydrogen-bond donors (Lipinski definition) is 0. The van der Waals surface area contributed by atoms with E-state index in [-0.39, 0.29) is 18.3 Å². The van der Waals surface area contributed by atoms with Crippen LogP contribution in [0, 0.1) is 0 Å². The monoisotopic (exact) mass is 347 g/mol. The minimum atomic E-state index is -0.271. The highest BCUT2D eigenvalue weighted by Gasteiger charge is 2.12. The number of unbranched alkanes of at least 4 members (excludes halogenated alkanes) is 1. The Kier molecular flexibility index (Phi) is 10.1. The van der Waals surface area contributed by atoms with E-state index in [4.69, 9.17) is 9.47 Å². The van der Waals surface area contributed by atoms with Crippen LogP contribution in [-0.2, 0) is 14.3 Å². The van der Waals surface area contributed by atoms with E-state index in [1.807, 2.05) is 31.2 Å². The Labute approximate surface area is 150 Å². The average Bonchev–Trinajstić information content (AvgIpc) is 2.61. The second-order valence-electron chi connectivity index (χ2n) is 5.57. The second kappa shape index (κ2) is 12.1. The first-order chi connectivity index (χ1) is 12.1. The first-order valence-electron chi connectivity index (χ1n) is 8.96. The van der Waals surface area contributed by atoms with Crippen molar-refractivity contribution in [2.75, 3.05) is 26.3 Å². The zero-order chi connectivity index (χ0) is 18.5. The highest BCUT2D eigenvalue weighted by atomic mass is 16.5. The van der Waals surface area contributed by atoms with E-state index < -0.39 is 0 Å². The van der Waals surface area contributed by atoms with Crippen LogP contribution in [0.15, 0.2) is 30.3 Å². The summed E-state index contributed by atoms with van der Waals surface area (Å²) in [6.45, 7) is 7.79. The topological polar surface area (TPSA) is 55.8 Å². The van der Waals surface area contributed by atoms with Gasteiger partial charge in [-0.1, -0.05) is 25.5 Å². The normalized spacial score (nSPS) is 10.7. The van der Waals surface area contributed by atoms with Gasteiger partial charge in [0.15, 0.2) is 0 Å². The van der Waals surface area contributed by atoms with Crippen LogP contribution >= 0.6 is 0 Å². The van der Waals surface area contributed by atoms with Crippen LogP contribution in [0.2, 0.25) is 0 Å². The van der Waals surface area contributed by atoms with Gasteiger partial charge in [-0.05, 0) is 44.0 Å². The number of esters is 1. The fourth-order valence-electron chi connectivity index (χ4n) is 2.26. The van der Waals surface area contributed by atoms with E-state index in [2.05, 4.69) is 6.92 Å². The van der Waals surface area contributed by atoms with Gasteiger partial charge in [0, 0.05) is 19.2 Å². The number of carbonyl (C=O) groups is 2. The Morgan fingerprint density at radius 3 is 2.36 bits per heavy atom. The quantitative estimate of drug-likeness (QED) is 0.453. The SMILES string of the molecule is CCCCN(CCC(=O)OCC)C(=O)/C=C/c1ccc(OCC)cc1. The summed E-state index contributed by atoms with van der Waals surface area (Å²) in [5.74, 6) is 0.448. The van der Waals surface area contributed by atoms with Crippen molar-refractivity contribution in [3.8, 4) is 5.75 Å². The summed E-state index contributed by atoms with van der Waals surface area (Å²) in [7, 11) is 0. The molecule has 1 amide bonds. The van der Waals surface area contributed by atoms with Crippen molar-refractivity contribution < 1.29 is 19.1 Å². The van der Waals surface area contributed by atoms with Crippen LogP contribution in [0.5, 0.6) is 5.75 Å². The smallest absolute Gasteiger partial charge is 0.307 e. The molecule has 0 N–H and O–H groups in total. The molecule has 0 aliphatic heterocycles. The van der Waals surface area contributed by atoms with Gasteiger partial charge in [0.1, 0.15) is 5.75 Å². The fourth-order valence-corrected chi connectivity index (χ4v) is 2.26. The molecule has 0 aromatic heterocycles. The molecule has 5 nitrogen and oxygen atoms in total. The largest absolute Gasteiger partial charge is 0.494 e. The molecule has 0 atom stereocenters. The van der Waals surface area contributed by atoms with Gasteiger partial charge in [-0.2, -0.15) is 0 Å². The van der Waals surface area contributed by atoms with Crippen molar-refractivity contribution in [3.63, 3.8) is 0 Å². The number of carbonyl (C=O) groups excluding carboxylic acids is 2. The average molecular weight is 347 g/mol. The van der Waals surface area contributed by atoms with Gasteiger partial charge in [0.05, 0.1) is 19.6 Å². The lowest BCUT2D eigenvalue weighted by Gasteiger charge is -2.20. The molecule has 0 aliphatic carbocycles. The summed E-state index contributed by atoms with van der Waals surface area (Å²) >= 11 is 0. The van der Waals surface area contributed by atoms with E-state index in [0.29, 0.717) is 26.3 Å². The lowest BCUT2D eigenvalue weighted by Crippen LogP contribution is -2.32. The second-order valence-corrected chi connectivity index (χ2v) is 5.57. The molecular weight excluding hydrogens is 318 g/mol. The third kappa shape index (κ3) is 8.38. The summed E-state index contributed by atoms with van der Waals surface area (Å²) in [4.78, 5) is 25.6. The minimum absolute atomic E-state index is 0.0911. The molecule has 0 unspecified atom stereocenters. The van der Waals surface area contributed by atoms with E-state index in [0.717, 1.165) is 24.2 Å². The first kappa shape index (κ1) is 20.7. The molecule has 5 heteroatoms. The van der Waals surface area contributed by atoms with E-state index in [9.17, 15) is 9.59 Å². The van der Waals surface area contributed by atoms with Gasteiger partial charge < -0.3 is 14.4 Å². The molecular formula is C20H29NO4. The maximum atomic E-state index is 12.4. The highest BCUT2D eigenvalue weighted by molar-refractivity contribution is 5.92. The van der Waals surface area contributed by atoms with Crippen LogP contribution in [0.25, 0.3) is 6.08 Å². The van der Waals surface area contributed by atoms with Gasteiger partial charge in [0.2, 0.25) is 5.91 Å². The number of benzene rings is 1. The van der Waals surface area contributed by atoms with Crippen LogP contribution in [0.4, 0.5) is 0 Å². The molecule has 0 spiro atoms. The Hall–Kier alpha value is -2.30. The van der Waals surface area contributed by atoms with Crippen LogP contribution in [0.1, 0.15) is 45.6 Å². The maximum absolute atomic E-state index is 12.4. The summed E-state index contributed by atoms with van der Waals surface area (Å²) in [6, 6.07) is 7.57. The summed E-state index contributed by atoms with van der Waals surface area (Å²) in [6.07, 6.45) is 5.45. The molecule has 138 valence electrons. The fraction of sp³-hybridized carbons (Fsp3) is 0.500. The van der Waals surface area contributed by atoms with Crippen molar-refractivity contribution in [1.82, 2.24) is 4.90 Å². The van der Waals surface area contributed by atoms with Gasteiger partial charge in [0.25, 0.3) is 0 Å². The molecule has 1 rings (SSSR count). The Morgan fingerprint density at radius 1 is 1.04 bits per heavy atom. The van der Waals surface area contributed by atoms with Gasteiger partial charge in [-0.25, -0.2) is 0 Å². The number of amides is 1. The van der Waals surface area contributed by atoms with Gasteiger partial charge in [-0.15, -0.1) is 0 Å². The van der Waals surface area contributed by atoms with Crippen LogP contribution in [0.3, 0.4) is 0 Å². The molecule has 25 heavy (non-hydrogen) atoms. The predicted octanol–water partition coefficient (Wildman–Crippen LogP) is 3.68. The lowest BCUT2D eigenvalue weighted by molar-refractivity contribution is -0.143. The standard InChI is InChI=1S/C20H29NO4/c1-4-7-15-21(16-14-20(23)25-6-3)19(22)13-10-17-8-11-18(12-9-17)24-5-2/h8-13H,4-7,14-16H2,1-3H3/b13-10+. The van der Waals surface area contributed by atoms with Gasteiger partial charge >= 0.3 is 5.97 Å². The molecule has 0 bridgehead atoms. The van der Waals surface area contributed by atoms with Crippen molar-refractivity contribution in [1.29, 1.82) is 0 Å². The van der Waals surface area contributed by atoms with Crippen molar-refractivity contribution in [2.24, 2.45) is 0 Å². The highest BCUT2D eigenvalue weighted by Crippen LogP contribution is 2.13. The molecule has 0 fully saturated rings. The predicted molar refractivity (Wildman–Crippen MR) is 99.4 cm³/mol. The van der Waals surface area contributed by atoms with E-state index in [1.54, 1.807) is 24.0 Å². The summed E-state index contributed by atoms with van der Waals surface area (Å²) < 4.78 is 10.3. The zero-order valence-corrected chi connectivity index (χ0v) is 15.5. The Morgan fingerprint density at radius 2 is 1.76 bits per heavy atom. The Balaban J connectivity index is 2.64. The molecule has 1 aromatic rings. The number of nitrogens with zero attached hydrogens (tertiary/aromatic N) is 1. The van der Waals surface area contributed by atoms with Gasteiger partial charge in [-0.3, -0.25) is 9.59 Å². The number of hydrogen-bond acceptors (Lipinski definition) is 4.